The van der Waals surface area contributed by atoms with Crippen molar-refractivity contribution in [1.82, 2.24) is 9.97 Å². The maximum absolute atomic E-state index is 9.26. The van der Waals surface area contributed by atoms with Gasteiger partial charge >= 0.3 is 0 Å². The molecule has 4 nitrogen and oxygen atoms in total. The highest BCUT2D eigenvalue weighted by Crippen LogP contribution is 2.19. The molecule has 90 valence electrons. The normalized spacial score (nSPS) is 12.9. The van der Waals surface area contributed by atoms with E-state index < -0.39 is 0 Å². The highest BCUT2D eigenvalue weighted by atomic mass is 35.5. The lowest BCUT2D eigenvalue weighted by Gasteiger charge is -2.19. The van der Waals surface area contributed by atoms with Gasteiger partial charge in [-0.15, -0.1) is 0 Å². The first-order valence-corrected chi connectivity index (χ1v) is 5.76. The van der Waals surface area contributed by atoms with Crippen LogP contribution >= 0.6 is 11.6 Å². The molecule has 0 bridgehead atoms. The lowest BCUT2D eigenvalue weighted by molar-refractivity contribution is 0.259. The SMILES string of the molecule is Cc1c(Cl)ncnc1NC(CO)CC(C)C. The van der Waals surface area contributed by atoms with Crippen LogP contribution in [0.5, 0.6) is 0 Å². The summed E-state index contributed by atoms with van der Waals surface area (Å²) in [5, 5.41) is 12.9. The number of aliphatic hydroxyl groups is 1. The number of aromatic nitrogens is 2. The Balaban J connectivity index is 2.74. The van der Waals surface area contributed by atoms with Gasteiger partial charge in [0.05, 0.1) is 12.6 Å². The van der Waals surface area contributed by atoms with Crippen molar-refractivity contribution >= 4 is 17.4 Å². The molecule has 1 rings (SSSR count). The van der Waals surface area contributed by atoms with E-state index in [-0.39, 0.29) is 12.6 Å². The molecule has 1 heterocycles. The zero-order chi connectivity index (χ0) is 12.1. The number of nitrogens with one attached hydrogen (secondary N) is 1. The summed E-state index contributed by atoms with van der Waals surface area (Å²) in [4.78, 5) is 8.00. The van der Waals surface area contributed by atoms with E-state index in [1.54, 1.807) is 0 Å². The molecule has 1 aromatic rings. The van der Waals surface area contributed by atoms with Gasteiger partial charge in [0.2, 0.25) is 0 Å². The predicted molar refractivity (Wildman–Crippen MR) is 65.7 cm³/mol. The molecule has 0 aliphatic carbocycles. The Labute approximate surface area is 101 Å². The summed E-state index contributed by atoms with van der Waals surface area (Å²) in [6, 6.07) is 0.00432. The van der Waals surface area contributed by atoms with E-state index in [1.165, 1.54) is 6.33 Å². The second-order valence-corrected chi connectivity index (χ2v) is 4.65. The van der Waals surface area contributed by atoms with E-state index in [9.17, 15) is 5.11 Å². The molecule has 0 aromatic carbocycles. The summed E-state index contributed by atoms with van der Waals surface area (Å²) in [5.74, 6) is 1.21. The van der Waals surface area contributed by atoms with Gasteiger partial charge in [0.25, 0.3) is 0 Å². The molecule has 5 heteroatoms. The number of aliphatic hydroxyl groups excluding tert-OH is 1. The molecular formula is C11H18ClN3O. The Bertz CT molecular complexity index is 344. The highest BCUT2D eigenvalue weighted by molar-refractivity contribution is 6.30. The van der Waals surface area contributed by atoms with Crippen LogP contribution in [0.2, 0.25) is 5.15 Å². The van der Waals surface area contributed by atoms with E-state index in [0.29, 0.717) is 16.9 Å². The Hall–Kier alpha value is -0.870. The molecule has 0 spiro atoms. The largest absolute Gasteiger partial charge is 0.394 e. The van der Waals surface area contributed by atoms with Crippen LogP contribution in [0, 0.1) is 12.8 Å². The lowest BCUT2D eigenvalue weighted by Crippen LogP contribution is -2.26. The average molecular weight is 244 g/mol. The van der Waals surface area contributed by atoms with Crippen molar-refractivity contribution in [2.75, 3.05) is 11.9 Å². The Morgan fingerprint density at radius 2 is 2.12 bits per heavy atom. The highest BCUT2D eigenvalue weighted by Gasteiger charge is 2.12. The van der Waals surface area contributed by atoms with E-state index in [1.807, 2.05) is 6.92 Å². The molecule has 0 fully saturated rings. The summed E-state index contributed by atoms with van der Waals surface area (Å²) < 4.78 is 0. The topological polar surface area (TPSA) is 58.0 Å². The second-order valence-electron chi connectivity index (χ2n) is 4.29. The van der Waals surface area contributed by atoms with Crippen LogP contribution in [0.1, 0.15) is 25.8 Å². The smallest absolute Gasteiger partial charge is 0.137 e. The molecule has 0 saturated heterocycles. The third kappa shape index (κ3) is 3.61. The van der Waals surface area contributed by atoms with Crippen molar-refractivity contribution in [3.8, 4) is 0 Å². The van der Waals surface area contributed by atoms with Gasteiger partial charge in [-0.3, -0.25) is 0 Å². The van der Waals surface area contributed by atoms with Crippen molar-refractivity contribution in [2.45, 2.75) is 33.2 Å². The first-order valence-electron chi connectivity index (χ1n) is 5.39. The molecule has 0 aliphatic heterocycles. The zero-order valence-corrected chi connectivity index (χ0v) is 10.6. The fourth-order valence-corrected chi connectivity index (χ4v) is 1.65. The first kappa shape index (κ1) is 13.2. The summed E-state index contributed by atoms with van der Waals surface area (Å²) in [6.45, 7) is 6.17. The molecule has 1 unspecified atom stereocenters. The van der Waals surface area contributed by atoms with E-state index in [2.05, 4.69) is 29.1 Å². The van der Waals surface area contributed by atoms with Crippen LogP contribution in [0.3, 0.4) is 0 Å². The van der Waals surface area contributed by atoms with Crippen LogP contribution in [0.25, 0.3) is 0 Å². The van der Waals surface area contributed by atoms with Crippen LogP contribution in [-0.2, 0) is 0 Å². The molecule has 1 atom stereocenters. The van der Waals surface area contributed by atoms with Gasteiger partial charge in [-0.1, -0.05) is 25.4 Å². The fraction of sp³-hybridized carbons (Fsp3) is 0.636. The van der Waals surface area contributed by atoms with Crippen LogP contribution < -0.4 is 5.32 Å². The van der Waals surface area contributed by atoms with Crippen LogP contribution in [0.15, 0.2) is 6.33 Å². The third-order valence-corrected chi connectivity index (χ3v) is 2.72. The molecule has 0 aliphatic rings. The van der Waals surface area contributed by atoms with Crippen LogP contribution in [-0.4, -0.2) is 27.7 Å². The number of nitrogens with zero attached hydrogens (tertiary/aromatic N) is 2. The monoisotopic (exact) mass is 243 g/mol. The summed E-state index contributed by atoms with van der Waals surface area (Å²) in [7, 11) is 0. The molecule has 16 heavy (non-hydrogen) atoms. The standard InChI is InChI=1S/C11H18ClN3O/c1-7(2)4-9(5-16)15-11-8(3)10(12)13-6-14-11/h6-7,9,16H,4-5H2,1-3H3,(H,13,14,15). The van der Waals surface area contributed by atoms with Gasteiger partial charge < -0.3 is 10.4 Å². The van der Waals surface area contributed by atoms with Gasteiger partial charge in [-0.05, 0) is 19.3 Å². The summed E-state index contributed by atoms with van der Waals surface area (Å²) in [6.07, 6.45) is 2.30. The van der Waals surface area contributed by atoms with Crippen molar-refractivity contribution in [1.29, 1.82) is 0 Å². The second kappa shape index (κ2) is 6.01. The molecule has 0 amide bonds. The molecule has 0 radical (unpaired) electrons. The number of halogens is 1. The third-order valence-electron chi connectivity index (χ3n) is 2.34. The van der Waals surface area contributed by atoms with Crippen molar-refractivity contribution in [2.24, 2.45) is 5.92 Å². The zero-order valence-electron chi connectivity index (χ0n) is 9.87. The number of hydrogen-bond donors (Lipinski definition) is 2. The van der Waals surface area contributed by atoms with Crippen molar-refractivity contribution in [3.63, 3.8) is 0 Å². The van der Waals surface area contributed by atoms with Crippen LogP contribution in [0.4, 0.5) is 5.82 Å². The van der Waals surface area contributed by atoms with Gasteiger partial charge in [0, 0.05) is 5.56 Å². The van der Waals surface area contributed by atoms with Gasteiger partial charge in [0.15, 0.2) is 0 Å². The minimum Gasteiger partial charge on any atom is -0.394 e. The molecule has 0 saturated carbocycles. The Morgan fingerprint density at radius 1 is 1.44 bits per heavy atom. The quantitative estimate of drug-likeness (QED) is 0.779. The lowest BCUT2D eigenvalue weighted by atomic mass is 10.0. The van der Waals surface area contributed by atoms with E-state index >= 15 is 0 Å². The minimum absolute atomic E-state index is 0.00432. The number of rotatable bonds is 5. The predicted octanol–water partition coefficient (Wildman–Crippen LogP) is 2.26. The Morgan fingerprint density at radius 3 is 2.69 bits per heavy atom. The van der Waals surface area contributed by atoms with Crippen molar-refractivity contribution < 1.29 is 5.11 Å². The number of anilines is 1. The van der Waals surface area contributed by atoms with Gasteiger partial charge in [-0.2, -0.15) is 0 Å². The molecule has 2 N–H and O–H groups in total. The van der Waals surface area contributed by atoms with Gasteiger partial charge in [-0.25, -0.2) is 9.97 Å². The Kier molecular flexibility index (Phi) is 4.96. The summed E-state index contributed by atoms with van der Waals surface area (Å²) in [5.41, 5.74) is 0.811. The molecular weight excluding hydrogens is 226 g/mol. The van der Waals surface area contributed by atoms with E-state index in [4.69, 9.17) is 11.6 Å². The fourth-order valence-electron chi connectivity index (χ4n) is 1.52. The maximum atomic E-state index is 9.26. The number of hydrogen-bond acceptors (Lipinski definition) is 4. The van der Waals surface area contributed by atoms with Crippen molar-refractivity contribution in [3.05, 3.63) is 17.0 Å². The van der Waals surface area contributed by atoms with E-state index in [0.717, 1.165) is 12.0 Å². The van der Waals surface area contributed by atoms with Gasteiger partial charge in [0.1, 0.15) is 17.3 Å². The maximum Gasteiger partial charge on any atom is 0.137 e. The minimum atomic E-state index is 0.00432. The summed E-state index contributed by atoms with van der Waals surface area (Å²) >= 11 is 5.89. The average Bonchev–Trinajstić information content (AvgIpc) is 2.23. The molecule has 1 aromatic heterocycles. The first-order chi connectivity index (χ1) is 7.54.